The molecule has 338 valence electrons. The van der Waals surface area contributed by atoms with E-state index in [4.69, 9.17) is 11.6 Å². The molecule has 0 saturated carbocycles. The fraction of sp³-hybridized carbons (Fsp3) is 0.368. The number of nitrogens with one attached hydrogen (secondary N) is 2. The van der Waals surface area contributed by atoms with Crippen molar-refractivity contribution in [2.45, 2.75) is 75.3 Å². The summed E-state index contributed by atoms with van der Waals surface area (Å²) in [7, 11) is -8.06. The molecule has 0 fully saturated rings. The Labute approximate surface area is 357 Å². The number of hydrogen-bond acceptors (Lipinski definition) is 8. The van der Waals surface area contributed by atoms with Crippen molar-refractivity contribution in [3.63, 3.8) is 0 Å². The Morgan fingerprint density at radius 2 is 1.57 bits per heavy atom. The van der Waals surface area contributed by atoms with Gasteiger partial charge in [-0.25, -0.2) is 30.6 Å². The van der Waals surface area contributed by atoms with E-state index in [1.165, 1.54) is 32.0 Å². The highest BCUT2D eigenvalue weighted by molar-refractivity contribution is 7.92. The number of rotatable bonds is 11. The van der Waals surface area contributed by atoms with Gasteiger partial charge in [0.05, 0.1) is 33.9 Å². The lowest BCUT2D eigenvalue weighted by molar-refractivity contribution is -0.142. The van der Waals surface area contributed by atoms with Crippen LogP contribution in [0, 0.1) is 23.5 Å². The van der Waals surface area contributed by atoms with Gasteiger partial charge < -0.3 is 5.32 Å². The zero-order valence-electron chi connectivity index (χ0n) is 32.9. The van der Waals surface area contributed by atoms with Crippen LogP contribution in [0.2, 0.25) is 5.02 Å². The number of carbonyl (C=O) groups excluding carboxylic acids is 1. The van der Waals surface area contributed by atoms with Crippen LogP contribution in [0.25, 0.3) is 22.0 Å². The first-order chi connectivity index (χ1) is 28.8. The van der Waals surface area contributed by atoms with E-state index < -0.39 is 127 Å². The van der Waals surface area contributed by atoms with Gasteiger partial charge in [-0.15, -0.1) is 0 Å². The van der Waals surface area contributed by atoms with Crippen LogP contribution in [0.1, 0.15) is 60.2 Å². The summed E-state index contributed by atoms with van der Waals surface area (Å²) in [5, 5.41) is 8.90. The quantitative estimate of drug-likeness (QED) is 0.102. The summed E-state index contributed by atoms with van der Waals surface area (Å²) in [5.41, 5.74) is -5.36. The number of pyridine rings is 1. The van der Waals surface area contributed by atoms with Gasteiger partial charge in [-0.3, -0.25) is 18.9 Å². The summed E-state index contributed by atoms with van der Waals surface area (Å²) in [6.07, 6.45) is -11.0. The summed E-state index contributed by atoms with van der Waals surface area (Å²) >= 11 is 6.44. The van der Waals surface area contributed by atoms with Crippen LogP contribution in [-0.4, -0.2) is 70.7 Å². The van der Waals surface area contributed by atoms with Crippen molar-refractivity contribution in [1.82, 2.24) is 29.9 Å². The number of hydrogen-bond donors (Lipinski definition) is 2. The molecular formula is C38H32ClF10N7O5S2. The van der Waals surface area contributed by atoms with Gasteiger partial charge in [0.2, 0.25) is 15.9 Å². The fourth-order valence-corrected chi connectivity index (χ4v) is 7.79. The van der Waals surface area contributed by atoms with Crippen molar-refractivity contribution >= 4 is 54.1 Å². The maximum Gasteiger partial charge on any atom is 0.435 e. The van der Waals surface area contributed by atoms with E-state index in [-0.39, 0.29) is 43.2 Å². The lowest BCUT2D eigenvalue weighted by Gasteiger charge is -2.23. The van der Waals surface area contributed by atoms with Gasteiger partial charge in [0.25, 0.3) is 5.92 Å². The van der Waals surface area contributed by atoms with Gasteiger partial charge in [0.1, 0.15) is 40.9 Å². The zero-order chi connectivity index (χ0) is 46.8. The summed E-state index contributed by atoms with van der Waals surface area (Å²) < 4.78 is 194. The van der Waals surface area contributed by atoms with E-state index in [2.05, 4.69) is 32.3 Å². The maximum absolute atomic E-state index is 15.0. The average molecular weight is 956 g/mol. The molecular weight excluding hydrogens is 924 g/mol. The molecule has 5 aromatic rings. The van der Waals surface area contributed by atoms with Gasteiger partial charge in [0.15, 0.2) is 21.3 Å². The normalized spacial score (nSPS) is 14.9. The number of nitrogens with zero attached hydrogens (tertiary/aromatic N) is 5. The average Bonchev–Trinajstić information content (AvgIpc) is 3.76. The molecule has 1 aliphatic rings. The number of carbonyl (C=O) groups is 1. The smallest absolute Gasteiger partial charge is 0.346 e. The molecule has 1 atom stereocenters. The molecule has 0 bridgehead atoms. The van der Waals surface area contributed by atoms with Gasteiger partial charge in [0, 0.05) is 35.4 Å². The first kappa shape index (κ1) is 47.1. The number of amides is 1. The SMILES string of the molecule is CC(C)(C#Cc1ccc(-c2ccc(Cl)c3c(NS(C)(=O)=O)nn(CC(F)(F)F)c23)c([C@H](Cc2cc(F)cc(F)c2)NC(=O)Cn2nc(C(F)(F)F)c3c2C(F)(F)CC3)n1)S(C)(=O)=O. The predicted molar refractivity (Wildman–Crippen MR) is 209 cm³/mol. The Bertz CT molecular complexity index is 2940. The van der Waals surface area contributed by atoms with Crippen LogP contribution >= 0.6 is 11.6 Å². The van der Waals surface area contributed by atoms with Gasteiger partial charge >= 0.3 is 12.4 Å². The van der Waals surface area contributed by atoms with E-state index in [9.17, 15) is 56.8 Å². The molecule has 0 aliphatic heterocycles. The minimum absolute atomic E-state index is 0.178. The Hall–Kier alpha value is -5.41. The third kappa shape index (κ3) is 10.4. The molecule has 25 heteroatoms. The highest BCUT2D eigenvalue weighted by Crippen LogP contribution is 2.47. The van der Waals surface area contributed by atoms with E-state index >= 15 is 8.78 Å². The lowest BCUT2D eigenvalue weighted by atomic mass is 9.93. The summed E-state index contributed by atoms with van der Waals surface area (Å²) in [4.78, 5) is 18.4. The molecule has 0 radical (unpaired) electrons. The second-order valence-corrected chi connectivity index (χ2v) is 19.8. The Kier molecular flexibility index (Phi) is 12.2. The van der Waals surface area contributed by atoms with Crippen LogP contribution in [0.15, 0.2) is 42.5 Å². The van der Waals surface area contributed by atoms with Crippen molar-refractivity contribution in [2.75, 3.05) is 17.2 Å². The van der Waals surface area contributed by atoms with Crippen molar-refractivity contribution in [3.05, 3.63) is 93.0 Å². The van der Waals surface area contributed by atoms with Crippen LogP contribution < -0.4 is 10.0 Å². The number of sulfone groups is 1. The highest BCUT2D eigenvalue weighted by Gasteiger charge is 2.50. The third-order valence-corrected chi connectivity index (χ3v) is 12.6. The lowest BCUT2D eigenvalue weighted by Crippen LogP contribution is -2.35. The molecule has 12 nitrogen and oxygen atoms in total. The number of sulfonamides is 1. The molecule has 1 aliphatic carbocycles. The molecule has 2 N–H and O–H groups in total. The van der Waals surface area contributed by atoms with Crippen LogP contribution in [0.4, 0.5) is 49.7 Å². The molecule has 0 unspecified atom stereocenters. The Morgan fingerprint density at radius 1 is 0.937 bits per heavy atom. The van der Waals surface area contributed by atoms with E-state index in [0.29, 0.717) is 17.0 Å². The first-order valence-corrected chi connectivity index (χ1v) is 22.3. The van der Waals surface area contributed by atoms with Crippen molar-refractivity contribution < 1.29 is 65.5 Å². The van der Waals surface area contributed by atoms with E-state index in [1.54, 1.807) is 0 Å². The summed E-state index contributed by atoms with van der Waals surface area (Å²) in [6.45, 7) is -0.569. The number of halogens is 11. The maximum atomic E-state index is 15.0. The van der Waals surface area contributed by atoms with Crippen molar-refractivity contribution in [1.29, 1.82) is 0 Å². The van der Waals surface area contributed by atoms with E-state index in [0.717, 1.165) is 24.5 Å². The predicted octanol–water partition coefficient (Wildman–Crippen LogP) is 7.49. The highest BCUT2D eigenvalue weighted by atomic mass is 35.5. The molecule has 2 aromatic carbocycles. The van der Waals surface area contributed by atoms with Crippen molar-refractivity contribution in [2.24, 2.45) is 0 Å². The number of fused-ring (bicyclic) bond motifs is 2. The molecule has 0 spiro atoms. The standard InChI is InChI=1S/C38H32ClF10N7O5S2/c1-35(2,62(3,58)59)11-9-22-5-6-23(24-7-8-26(39)29-31(24)56(18-37(44,45)46)53-34(29)54-63(4,60)61)30(50-22)27(15-19-13-20(40)16-21(41)14-19)51-28(57)17-55-33-25(10-12-36(33,42)43)32(52-55)38(47,48)49/h5-8,13-14,16,27H,10,12,15,17-18H2,1-4H3,(H,51,57)(H,53,54)/t27-/m0/s1. The number of anilines is 1. The molecule has 1 amide bonds. The second kappa shape index (κ2) is 16.3. The molecule has 63 heavy (non-hydrogen) atoms. The van der Waals surface area contributed by atoms with Gasteiger partial charge in [-0.05, 0) is 68.5 Å². The topological polar surface area (TPSA) is 158 Å². The molecule has 3 aromatic heterocycles. The first-order valence-electron chi connectivity index (χ1n) is 18.1. The molecule has 0 saturated heterocycles. The minimum atomic E-state index is -5.19. The minimum Gasteiger partial charge on any atom is -0.346 e. The number of benzene rings is 2. The van der Waals surface area contributed by atoms with Gasteiger partial charge in [-0.1, -0.05) is 23.6 Å². The van der Waals surface area contributed by atoms with Gasteiger partial charge in [-0.2, -0.15) is 45.3 Å². The Balaban J connectivity index is 1.61. The largest absolute Gasteiger partial charge is 0.435 e. The van der Waals surface area contributed by atoms with Crippen LogP contribution in [-0.2, 0) is 62.7 Å². The van der Waals surface area contributed by atoms with Crippen LogP contribution in [0.5, 0.6) is 0 Å². The summed E-state index contributed by atoms with van der Waals surface area (Å²) in [6, 6.07) is 5.20. The number of aromatic nitrogens is 5. The van der Waals surface area contributed by atoms with Crippen molar-refractivity contribution in [3.8, 4) is 23.0 Å². The van der Waals surface area contributed by atoms with Crippen LogP contribution in [0.3, 0.4) is 0 Å². The monoisotopic (exact) mass is 955 g/mol. The molecule has 3 heterocycles. The Morgan fingerprint density at radius 3 is 2.16 bits per heavy atom. The summed E-state index contributed by atoms with van der Waals surface area (Å²) in [5.74, 6) is -2.88. The second-order valence-electron chi connectivity index (χ2n) is 15.1. The number of alkyl halides is 8. The van der Waals surface area contributed by atoms with E-state index in [1.807, 2.05) is 4.72 Å². The third-order valence-electron chi connectivity index (χ3n) is 9.76. The fourth-order valence-electron chi connectivity index (χ4n) is 6.82. The zero-order valence-corrected chi connectivity index (χ0v) is 35.3. The molecule has 6 rings (SSSR count).